The van der Waals surface area contributed by atoms with Gasteiger partial charge in [0.1, 0.15) is 11.9 Å². The summed E-state index contributed by atoms with van der Waals surface area (Å²) in [5.41, 5.74) is 3.56. The van der Waals surface area contributed by atoms with Gasteiger partial charge in [-0.25, -0.2) is 18.1 Å². The van der Waals surface area contributed by atoms with E-state index in [0.717, 1.165) is 21.8 Å². The van der Waals surface area contributed by atoms with Gasteiger partial charge in [-0.15, -0.1) is 0 Å². The van der Waals surface area contributed by atoms with Gasteiger partial charge in [0.15, 0.2) is 0 Å². The number of aryl methyl sites for hydroxylation is 1. The zero-order valence-corrected chi connectivity index (χ0v) is 34.7. The summed E-state index contributed by atoms with van der Waals surface area (Å²) < 4.78 is 28.4. The van der Waals surface area contributed by atoms with Crippen LogP contribution in [-0.2, 0) is 24.4 Å². The minimum absolute atomic E-state index is 0.0553. The lowest BCUT2D eigenvalue weighted by atomic mass is 10.0. The van der Waals surface area contributed by atoms with Crippen LogP contribution in [-0.4, -0.2) is 102 Å². The van der Waals surface area contributed by atoms with Crippen molar-refractivity contribution >= 4 is 74.1 Å². The molecule has 7 rings (SSSR count). The molecule has 60 heavy (non-hydrogen) atoms. The number of piperazine rings is 1. The maximum atomic E-state index is 13.1. The van der Waals surface area contributed by atoms with Crippen LogP contribution < -0.4 is 30.9 Å². The molecule has 5 amide bonds. The van der Waals surface area contributed by atoms with Crippen LogP contribution in [0.2, 0.25) is 0 Å². The Balaban J connectivity index is 0.857. The SMILES string of the molecule is Cc1cnc(Nc2ccc(N3CCN(C(=O)CCCNc4ccc5c(c4)C(=O)N(C4CCC(=O)NC4=O)C5=O)CC3)cc2)nc1Nc1cccc(S(=O)(=O)NC(C)(C)C)c1. The number of fused-ring (bicyclic) bond motifs is 1. The van der Waals surface area contributed by atoms with E-state index in [-0.39, 0.29) is 34.8 Å². The number of sulfonamides is 1. The number of nitrogens with zero attached hydrogens (tertiary/aromatic N) is 5. The number of benzene rings is 3. The highest BCUT2D eigenvalue weighted by atomic mass is 32.2. The standard InChI is InChI=1S/C42H48N10O7S/c1-26-25-44-41(48-37(26)45-29-7-5-8-31(23-29)60(58,59)49-42(2,3)4)46-27-10-13-30(14-11-27)50-19-21-51(22-20-50)36(54)9-6-18-43-28-12-15-32-33(24-28)40(57)52(39(32)56)34-16-17-35(53)47-38(34)55/h5,7-8,10-15,23-25,34,43,49H,6,9,16-22H2,1-4H3,(H,47,53,55)(H2,44,45,46,48). The molecule has 0 bridgehead atoms. The third-order valence-corrected chi connectivity index (χ3v) is 12.0. The van der Waals surface area contributed by atoms with Crippen molar-refractivity contribution in [2.24, 2.45) is 0 Å². The van der Waals surface area contributed by atoms with E-state index in [4.69, 9.17) is 0 Å². The smallest absolute Gasteiger partial charge is 0.262 e. The number of piperidine rings is 1. The van der Waals surface area contributed by atoms with Gasteiger partial charge in [0.25, 0.3) is 11.8 Å². The average Bonchev–Trinajstić information content (AvgIpc) is 3.45. The third-order valence-electron chi connectivity index (χ3n) is 10.3. The Morgan fingerprint density at radius 1 is 0.867 bits per heavy atom. The van der Waals surface area contributed by atoms with Gasteiger partial charge in [-0.05, 0) is 101 Å². The fourth-order valence-electron chi connectivity index (χ4n) is 7.28. The van der Waals surface area contributed by atoms with E-state index in [1.807, 2.05) is 36.1 Å². The molecule has 2 fully saturated rings. The summed E-state index contributed by atoms with van der Waals surface area (Å²) in [5, 5.41) is 11.9. The maximum Gasteiger partial charge on any atom is 0.262 e. The van der Waals surface area contributed by atoms with Crippen LogP contribution in [0.3, 0.4) is 0 Å². The topological polar surface area (TPSA) is 215 Å². The molecule has 1 unspecified atom stereocenters. The van der Waals surface area contributed by atoms with Crippen molar-refractivity contribution in [3.8, 4) is 0 Å². The van der Waals surface area contributed by atoms with E-state index < -0.39 is 45.2 Å². The first-order valence-electron chi connectivity index (χ1n) is 19.8. The predicted molar refractivity (Wildman–Crippen MR) is 226 cm³/mol. The molecule has 3 aromatic carbocycles. The molecule has 0 radical (unpaired) electrons. The zero-order valence-electron chi connectivity index (χ0n) is 33.9. The Hall–Kier alpha value is -6.40. The number of hydrogen-bond donors (Lipinski definition) is 5. The van der Waals surface area contributed by atoms with Crippen molar-refractivity contribution in [3.63, 3.8) is 0 Å². The summed E-state index contributed by atoms with van der Waals surface area (Å²) in [5.74, 6) is -1.24. The summed E-state index contributed by atoms with van der Waals surface area (Å²) in [6, 6.07) is 18.3. The highest BCUT2D eigenvalue weighted by Crippen LogP contribution is 2.30. The Labute approximate surface area is 348 Å². The monoisotopic (exact) mass is 836 g/mol. The van der Waals surface area contributed by atoms with E-state index >= 15 is 0 Å². The molecule has 3 aliphatic rings. The second kappa shape index (κ2) is 17.1. The minimum Gasteiger partial charge on any atom is -0.385 e. The second-order valence-corrected chi connectivity index (χ2v) is 17.7. The fourth-order valence-corrected chi connectivity index (χ4v) is 8.74. The lowest BCUT2D eigenvalue weighted by Crippen LogP contribution is -2.54. The first-order chi connectivity index (χ1) is 28.5. The largest absolute Gasteiger partial charge is 0.385 e. The number of aromatic nitrogens is 2. The number of rotatable bonds is 13. The quantitative estimate of drug-likeness (QED) is 0.0940. The van der Waals surface area contributed by atoms with Gasteiger partial charge < -0.3 is 25.8 Å². The van der Waals surface area contributed by atoms with Gasteiger partial charge in [0, 0.05) is 85.6 Å². The number of carbonyl (C=O) groups is 5. The molecule has 314 valence electrons. The van der Waals surface area contributed by atoms with Gasteiger partial charge in [0.05, 0.1) is 16.0 Å². The number of imide groups is 2. The molecule has 4 heterocycles. The molecule has 0 spiro atoms. The zero-order chi connectivity index (χ0) is 42.8. The molecule has 2 saturated heterocycles. The summed E-state index contributed by atoms with van der Waals surface area (Å²) in [6.45, 7) is 10.2. The molecule has 0 aliphatic carbocycles. The van der Waals surface area contributed by atoms with Crippen LogP contribution in [0.1, 0.15) is 72.7 Å². The molecular weight excluding hydrogens is 789 g/mol. The summed E-state index contributed by atoms with van der Waals surface area (Å²) in [6.07, 6.45) is 2.75. The maximum absolute atomic E-state index is 13.1. The van der Waals surface area contributed by atoms with Crippen LogP contribution in [0, 0.1) is 6.92 Å². The molecule has 1 aromatic heterocycles. The Bertz CT molecular complexity index is 2450. The van der Waals surface area contributed by atoms with E-state index in [2.05, 4.69) is 40.9 Å². The van der Waals surface area contributed by atoms with Gasteiger partial charge >= 0.3 is 0 Å². The van der Waals surface area contributed by atoms with Gasteiger partial charge in [-0.1, -0.05) is 6.07 Å². The third kappa shape index (κ3) is 9.55. The second-order valence-electron chi connectivity index (χ2n) is 16.0. The number of carbonyl (C=O) groups excluding carboxylic acids is 5. The van der Waals surface area contributed by atoms with E-state index in [1.54, 1.807) is 69.4 Å². The van der Waals surface area contributed by atoms with Crippen LogP contribution >= 0.6 is 0 Å². The molecule has 5 N–H and O–H groups in total. The van der Waals surface area contributed by atoms with Crippen molar-refractivity contribution in [2.45, 2.75) is 69.9 Å². The normalized spacial score (nSPS) is 17.1. The Morgan fingerprint density at radius 3 is 2.30 bits per heavy atom. The van der Waals surface area contributed by atoms with Crippen LogP contribution in [0.25, 0.3) is 0 Å². The minimum atomic E-state index is -3.72. The van der Waals surface area contributed by atoms with Crippen molar-refractivity contribution in [2.75, 3.05) is 53.6 Å². The molecule has 0 saturated carbocycles. The van der Waals surface area contributed by atoms with E-state index in [1.165, 1.54) is 0 Å². The highest BCUT2D eigenvalue weighted by molar-refractivity contribution is 7.89. The van der Waals surface area contributed by atoms with Crippen molar-refractivity contribution in [1.29, 1.82) is 0 Å². The van der Waals surface area contributed by atoms with Crippen LogP contribution in [0.4, 0.5) is 34.5 Å². The lowest BCUT2D eigenvalue weighted by molar-refractivity contribution is -0.136. The number of amides is 5. The first kappa shape index (κ1) is 41.7. The lowest BCUT2D eigenvalue weighted by Gasteiger charge is -2.36. The molecule has 3 aliphatic heterocycles. The Morgan fingerprint density at radius 2 is 1.58 bits per heavy atom. The van der Waals surface area contributed by atoms with Gasteiger partial charge in [0.2, 0.25) is 33.7 Å². The number of anilines is 6. The molecular formula is C42H48N10O7S. The Kier molecular flexibility index (Phi) is 11.9. The van der Waals surface area contributed by atoms with Gasteiger partial charge in [-0.2, -0.15) is 4.98 Å². The molecule has 17 nitrogen and oxygen atoms in total. The van der Waals surface area contributed by atoms with E-state index in [0.29, 0.717) is 68.7 Å². The van der Waals surface area contributed by atoms with Crippen molar-refractivity contribution < 1.29 is 32.4 Å². The average molecular weight is 837 g/mol. The molecule has 4 aromatic rings. The van der Waals surface area contributed by atoms with Crippen molar-refractivity contribution in [1.82, 2.24) is 29.8 Å². The molecule has 1 atom stereocenters. The fraction of sp³-hybridized carbons (Fsp3) is 0.357. The van der Waals surface area contributed by atoms with Crippen molar-refractivity contribution in [3.05, 3.63) is 89.6 Å². The summed E-state index contributed by atoms with van der Waals surface area (Å²) in [4.78, 5) is 77.3. The summed E-state index contributed by atoms with van der Waals surface area (Å²) in [7, 11) is -3.72. The summed E-state index contributed by atoms with van der Waals surface area (Å²) >= 11 is 0. The van der Waals surface area contributed by atoms with Crippen LogP contribution in [0.15, 0.2) is 77.8 Å². The van der Waals surface area contributed by atoms with Crippen LogP contribution in [0.5, 0.6) is 0 Å². The first-order valence-corrected chi connectivity index (χ1v) is 21.3. The highest BCUT2D eigenvalue weighted by Gasteiger charge is 2.44. The van der Waals surface area contributed by atoms with E-state index in [9.17, 15) is 32.4 Å². The predicted octanol–water partition coefficient (Wildman–Crippen LogP) is 4.29. The van der Waals surface area contributed by atoms with Gasteiger partial charge in [-0.3, -0.25) is 34.2 Å². The number of hydrogen-bond acceptors (Lipinski definition) is 13. The number of nitrogens with one attached hydrogen (secondary N) is 5. The molecule has 18 heteroatoms.